The molecule has 1 N–H and O–H groups in total. The Labute approximate surface area is 193 Å². The summed E-state index contributed by atoms with van der Waals surface area (Å²) in [6.07, 6.45) is 2.75. The van der Waals surface area contributed by atoms with Crippen molar-refractivity contribution in [1.29, 1.82) is 0 Å². The molecule has 0 bridgehead atoms. The van der Waals surface area contributed by atoms with E-state index >= 15 is 0 Å². The molecule has 0 saturated carbocycles. The molecule has 33 heavy (non-hydrogen) atoms. The van der Waals surface area contributed by atoms with E-state index in [2.05, 4.69) is 21.2 Å². The molecule has 0 aliphatic carbocycles. The Kier molecular flexibility index (Phi) is 5.85. The molecule has 0 unspecified atom stereocenters. The average Bonchev–Trinajstić information content (AvgIpc) is 3.16. The summed E-state index contributed by atoms with van der Waals surface area (Å²) in [6.45, 7) is 2.89. The molecule has 2 heterocycles. The number of rotatable bonds is 6. The summed E-state index contributed by atoms with van der Waals surface area (Å²) < 4.78 is 13.4. The molecule has 0 radical (unpaired) electrons. The van der Waals surface area contributed by atoms with E-state index in [1.165, 1.54) is 12.1 Å². The summed E-state index contributed by atoms with van der Waals surface area (Å²) in [5, 5.41) is 5.21. The topological polar surface area (TPSA) is 52.7 Å². The van der Waals surface area contributed by atoms with Crippen LogP contribution in [0.4, 0.5) is 10.1 Å². The lowest BCUT2D eigenvalue weighted by Gasteiger charge is -2.43. The highest BCUT2D eigenvalue weighted by Gasteiger charge is 2.50. The quantitative estimate of drug-likeness (QED) is 0.573. The number of ketones is 1. The molecule has 170 valence electrons. The fourth-order valence-corrected chi connectivity index (χ4v) is 5.16. The maximum atomic E-state index is 13.4. The zero-order valence-corrected chi connectivity index (χ0v) is 18.6. The Hall–Kier alpha value is -3.25. The number of fused-ring (bicyclic) bond motifs is 1. The van der Waals surface area contributed by atoms with Crippen LogP contribution in [-0.4, -0.2) is 48.4 Å². The van der Waals surface area contributed by atoms with E-state index in [0.717, 1.165) is 60.9 Å². The van der Waals surface area contributed by atoms with E-state index in [9.17, 15) is 14.0 Å². The minimum absolute atomic E-state index is 0.0537. The lowest BCUT2D eigenvalue weighted by molar-refractivity contribution is -0.125. The zero-order chi connectivity index (χ0) is 22.8. The molecule has 6 heteroatoms. The van der Waals surface area contributed by atoms with Gasteiger partial charge in [0, 0.05) is 30.8 Å². The number of halogens is 1. The maximum absolute atomic E-state index is 13.4. The summed E-state index contributed by atoms with van der Waals surface area (Å²) in [5.74, 6) is -0.0517. The summed E-state index contributed by atoms with van der Waals surface area (Å²) in [4.78, 5) is 29.9. The van der Waals surface area contributed by atoms with Crippen LogP contribution in [0, 0.1) is 5.82 Å². The van der Waals surface area contributed by atoms with Gasteiger partial charge in [-0.1, -0.05) is 36.4 Å². The fourth-order valence-electron chi connectivity index (χ4n) is 5.16. The van der Waals surface area contributed by atoms with Gasteiger partial charge in [-0.05, 0) is 66.9 Å². The third-order valence-corrected chi connectivity index (χ3v) is 7.11. The number of amides is 1. The Balaban J connectivity index is 1.16. The first-order chi connectivity index (χ1) is 16.0. The number of piperidine rings is 1. The highest BCUT2D eigenvalue weighted by atomic mass is 19.1. The van der Waals surface area contributed by atoms with Gasteiger partial charge in [-0.25, -0.2) is 4.39 Å². The number of likely N-dealkylation sites (tertiary alicyclic amines) is 1. The molecule has 2 fully saturated rings. The number of benzene rings is 3. The first kappa shape index (κ1) is 21.6. The number of hydrogen-bond acceptors (Lipinski definition) is 4. The molecular formula is C27H28FN3O2. The van der Waals surface area contributed by atoms with Gasteiger partial charge < -0.3 is 15.1 Å². The molecular weight excluding hydrogens is 417 g/mol. The second-order valence-electron chi connectivity index (χ2n) is 9.03. The average molecular weight is 446 g/mol. The maximum Gasteiger partial charge on any atom is 0.247 e. The number of hydrogen-bond donors (Lipinski definition) is 1. The minimum Gasteiger partial charge on any atom is -0.339 e. The molecule has 5 rings (SSSR count). The van der Waals surface area contributed by atoms with Crippen LogP contribution in [-0.2, 0) is 4.79 Å². The van der Waals surface area contributed by atoms with Gasteiger partial charge in [0.05, 0.1) is 6.67 Å². The lowest BCUT2D eigenvalue weighted by Crippen LogP contribution is -2.56. The van der Waals surface area contributed by atoms with Crippen LogP contribution in [0.5, 0.6) is 0 Å². The normalized spacial score (nSPS) is 18.1. The van der Waals surface area contributed by atoms with Crippen molar-refractivity contribution in [2.75, 3.05) is 31.2 Å². The van der Waals surface area contributed by atoms with Crippen molar-refractivity contribution in [3.05, 3.63) is 78.1 Å². The third-order valence-electron chi connectivity index (χ3n) is 7.11. The van der Waals surface area contributed by atoms with Crippen molar-refractivity contribution in [1.82, 2.24) is 10.2 Å². The second-order valence-corrected chi connectivity index (χ2v) is 9.03. The standard InChI is InChI=1S/C27H28FN3O2/c28-23-9-11-24(12-10-23)31-19-29-26(33)27(31)13-16-30(17-14-27)15-3-6-25(32)22-8-7-20-4-1-2-5-21(20)18-22/h1-2,4-5,7-12,18H,3,6,13-17,19H2,(H,29,33). The van der Waals surface area contributed by atoms with Gasteiger partial charge in [-0.2, -0.15) is 0 Å². The molecule has 0 aromatic heterocycles. The van der Waals surface area contributed by atoms with E-state index in [1.54, 1.807) is 12.1 Å². The Bertz CT molecular complexity index is 1170. The van der Waals surface area contributed by atoms with Crippen LogP contribution < -0.4 is 10.2 Å². The monoisotopic (exact) mass is 445 g/mol. The number of Topliss-reactive ketones (excluding diaryl/α,β-unsaturated/α-hetero) is 1. The minimum atomic E-state index is -0.574. The summed E-state index contributed by atoms with van der Waals surface area (Å²) >= 11 is 0. The molecule has 3 aromatic rings. The Morgan fingerprint density at radius 1 is 0.970 bits per heavy atom. The van der Waals surface area contributed by atoms with Crippen molar-refractivity contribution in [2.24, 2.45) is 0 Å². The molecule has 3 aromatic carbocycles. The van der Waals surface area contributed by atoms with Gasteiger partial charge >= 0.3 is 0 Å². The van der Waals surface area contributed by atoms with Crippen molar-refractivity contribution in [2.45, 2.75) is 31.2 Å². The molecule has 2 aliphatic heterocycles. The molecule has 0 atom stereocenters. The Morgan fingerprint density at radius 2 is 1.70 bits per heavy atom. The Morgan fingerprint density at radius 3 is 2.45 bits per heavy atom. The van der Waals surface area contributed by atoms with Crippen molar-refractivity contribution < 1.29 is 14.0 Å². The summed E-state index contributed by atoms with van der Waals surface area (Å²) in [5.41, 5.74) is 1.06. The zero-order valence-electron chi connectivity index (χ0n) is 18.6. The SMILES string of the molecule is O=C(CCCN1CCC2(CC1)C(=O)NCN2c1ccc(F)cc1)c1ccc2ccccc2c1. The van der Waals surface area contributed by atoms with Gasteiger partial charge in [0.1, 0.15) is 11.4 Å². The van der Waals surface area contributed by atoms with Crippen molar-refractivity contribution in [3.8, 4) is 0 Å². The van der Waals surface area contributed by atoms with E-state index in [0.29, 0.717) is 13.1 Å². The number of nitrogens with one attached hydrogen (secondary N) is 1. The van der Waals surface area contributed by atoms with Gasteiger partial charge in [-0.15, -0.1) is 0 Å². The van der Waals surface area contributed by atoms with E-state index in [-0.39, 0.29) is 17.5 Å². The first-order valence-electron chi connectivity index (χ1n) is 11.6. The highest BCUT2D eigenvalue weighted by Crippen LogP contribution is 2.36. The van der Waals surface area contributed by atoms with Crippen LogP contribution in [0.3, 0.4) is 0 Å². The van der Waals surface area contributed by atoms with Gasteiger partial charge in [0.25, 0.3) is 0 Å². The molecule has 5 nitrogen and oxygen atoms in total. The molecule has 2 saturated heterocycles. The molecule has 1 spiro atoms. The van der Waals surface area contributed by atoms with Gasteiger partial charge in [-0.3, -0.25) is 9.59 Å². The van der Waals surface area contributed by atoms with Crippen LogP contribution in [0.25, 0.3) is 10.8 Å². The largest absolute Gasteiger partial charge is 0.339 e. The van der Waals surface area contributed by atoms with Gasteiger partial charge in [0.2, 0.25) is 5.91 Å². The predicted molar refractivity (Wildman–Crippen MR) is 128 cm³/mol. The molecule has 1 amide bonds. The predicted octanol–water partition coefficient (Wildman–Crippen LogP) is 4.37. The fraction of sp³-hybridized carbons (Fsp3) is 0.333. The van der Waals surface area contributed by atoms with Crippen LogP contribution in [0.2, 0.25) is 0 Å². The van der Waals surface area contributed by atoms with E-state index in [1.807, 2.05) is 36.4 Å². The number of anilines is 1. The van der Waals surface area contributed by atoms with E-state index in [4.69, 9.17) is 0 Å². The number of carbonyl (C=O) groups is 2. The second kappa shape index (κ2) is 8.94. The highest BCUT2D eigenvalue weighted by molar-refractivity contribution is 6.00. The first-order valence-corrected chi connectivity index (χ1v) is 11.6. The number of nitrogens with zero attached hydrogens (tertiary/aromatic N) is 2. The summed E-state index contributed by atoms with van der Waals surface area (Å²) in [7, 11) is 0. The molecule has 2 aliphatic rings. The third kappa shape index (κ3) is 4.23. The van der Waals surface area contributed by atoms with Crippen LogP contribution in [0.1, 0.15) is 36.0 Å². The smallest absolute Gasteiger partial charge is 0.247 e. The van der Waals surface area contributed by atoms with E-state index < -0.39 is 5.54 Å². The summed E-state index contributed by atoms with van der Waals surface area (Å²) in [6, 6.07) is 20.3. The van der Waals surface area contributed by atoms with Crippen LogP contribution >= 0.6 is 0 Å². The van der Waals surface area contributed by atoms with Crippen molar-refractivity contribution in [3.63, 3.8) is 0 Å². The number of carbonyl (C=O) groups excluding carboxylic acids is 2. The van der Waals surface area contributed by atoms with Crippen molar-refractivity contribution >= 4 is 28.2 Å². The lowest BCUT2D eigenvalue weighted by atomic mass is 9.85. The van der Waals surface area contributed by atoms with Crippen LogP contribution in [0.15, 0.2) is 66.7 Å². The van der Waals surface area contributed by atoms with Gasteiger partial charge in [0.15, 0.2) is 5.78 Å².